The van der Waals surface area contributed by atoms with Crippen molar-refractivity contribution in [1.82, 2.24) is 9.97 Å². The second kappa shape index (κ2) is 18.9. The van der Waals surface area contributed by atoms with Gasteiger partial charge in [0.2, 0.25) is 0 Å². The molecule has 0 bridgehead atoms. The number of nitrogens with one attached hydrogen (secondary N) is 1. The van der Waals surface area contributed by atoms with Crippen molar-refractivity contribution < 1.29 is 35.4 Å². The number of anilines is 1. The number of aromatic hydroxyl groups is 1. The van der Waals surface area contributed by atoms with E-state index in [1.54, 1.807) is 39.9 Å². The Hall–Kier alpha value is -3.15. The Bertz CT molecular complexity index is 1710. The number of nitrogens with two attached hydrogens (primary N) is 1. The van der Waals surface area contributed by atoms with E-state index in [0.717, 1.165) is 41.6 Å². The van der Waals surface area contributed by atoms with Gasteiger partial charge in [-0.1, -0.05) is 64.5 Å². The van der Waals surface area contributed by atoms with E-state index in [0.29, 0.717) is 49.4 Å². The fraction of sp³-hybridized carbons (Fsp3) is 0.537. The fourth-order valence-corrected chi connectivity index (χ4v) is 10.6. The number of aromatic amines is 1. The van der Waals surface area contributed by atoms with Crippen LogP contribution in [0.1, 0.15) is 79.2 Å². The summed E-state index contributed by atoms with van der Waals surface area (Å²) in [6, 6.07) is 11.1. The number of fused-ring (bicyclic) bond motifs is 2. The zero-order valence-corrected chi connectivity index (χ0v) is 31.6. The minimum atomic E-state index is -1.05. The average Bonchev–Trinajstić information content (AvgIpc) is 3.60. The molecule has 3 aliphatic rings. The van der Waals surface area contributed by atoms with E-state index in [9.17, 15) is 30.6 Å². The molecule has 10 nitrogen and oxygen atoms in total. The minimum Gasteiger partial charge on any atom is -0.504 e. The summed E-state index contributed by atoms with van der Waals surface area (Å²) in [5, 5.41) is 65.9. The Labute approximate surface area is 320 Å². The molecule has 0 unspecified atom stereocenters. The Balaban J connectivity index is 1.32. The highest BCUT2D eigenvalue weighted by Crippen LogP contribution is 2.42. The van der Waals surface area contributed by atoms with Crippen LogP contribution in [0, 0.1) is 35.5 Å². The number of allylic oxidation sites excluding steroid dienone is 2. The van der Waals surface area contributed by atoms with Crippen molar-refractivity contribution in [3.8, 4) is 23.3 Å². The van der Waals surface area contributed by atoms with Crippen molar-refractivity contribution >= 4 is 27.4 Å². The van der Waals surface area contributed by atoms with Crippen LogP contribution in [0.4, 0.5) is 5.82 Å². The van der Waals surface area contributed by atoms with E-state index in [1.165, 1.54) is 0 Å². The van der Waals surface area contributed by atoms with Crippen LogP contribution in [-0.4, -0.2) is 84.0 Å². The van der Waals surface area contributed by atoms with E-state index >= 15 is 0 Å². The highest BCUT2D eigenvalue weighted by atomic mass is 33.1. The summed E-state index contributed by atoms with van der Waals surface area (Å²) in [6.07, 6.45) is 9.34. The van der Waals surface area contributed by atoms with Crippen molar-refractivity contribution in [1.29, 1.82) is 0 Å². The molecular weight excluding hydrogens is 711 g/mol. The van der Waals surface area contributed by atoms with Gasteiger partial charge in [-0.2, -0.15) is 0 Å². The molecule has 286 valence electrons. The normalized spacial score (nSPS) is 31.1. The first kappa shape index (κ1) is 39.5. The van der Waals surface area contributed by atoms with Gasteiger partial charge >= 0.3 is 0 Å². The van der Waals surface area contributed by atoms with E-state index in [4.69, 9.17) is 10.5 Å². The number of H-pyrrole nitrogens is 1. The molecule has 1 aromatic carbocycles. The van der Waals surface area contributed by atoms with Gasteiger partial charge in [0.05, 0.1) is 18.3 Å². The summed E-state index contributed by atoms with van der Waals surface area (Å²) in [5.41, 5.74) is 10.2. The van der Waals surface area contributed by atoms with Gasteiger partial charge in [0, 0.05) is 78.0 Å². The molecule has 53 heavy (non-hydrogen) atoms. The summed E-state index contributed by atoms with van der Waals surface area (Å²) in [4.78, 5) is 7.69. The summed E-state index contributed by atoms with van der Waals surface area (Å²) < 4.78 is 6.64. The molecule has 1 aliphatic heterocycles. The summed E-state index contributed by atoms with van der Waals surface area (Å²) in [5.74, 6) is 6.75. The van der Waals surface area contributed by atoms with Crippen LogP contribution in [0.5, 0.6) is 11.5 Å². The molecule has 0 saturated heterocycles. The van der Waals surface area contributed by atoms with Gasteiger partial charge < -0.3 is 46.1 Å². The lowest BCUT2D eigenvalue weighted by molar-refractivity contribution is -0.0195. The van der Waals surface area contributed by atoms with Gasteiger partial charge in [0.15, 0.2) is 11.5 Å². The zero-order valence-electron chi connectivity index (χ0n) is 30.0. The lowest BCUT2D eigenvalue weighted by Gasteiger charge is -2.32. The first-order valence-electron chi connectivity index (χ1n) is 18.8. The quantitative estimate of drug-likeness (QED) is 0.0846. The molecule has 2 aliphatic carbocycles. The van der Waals surface area contributed by atoms with Crippen LogP contribution >= 0.6 is 21.6 Å². The van der Waals surface area contributed by atoms with Crippen molar-refractivity contribution in [3.63, 3.8) is 0 Å². The second-order valence-corrected chi connectivity index (χ2v) is 17.2. The number of rotatable bonds is 8. The van der Waals surface area contributed by atoms with Gasteiger partial charge in [-0.15, -0.1) is 0 Å². The Morgan fingerprint density at radius 1 is 0.981 bits per heavy atom. The molecule has 6 rings (SSSR count). The lowest BCUT2D eigenvalue weighted by Crippen LogP contribution is -2.41. The van der Waals surface area contributed by atoms with Gasteiger partial charge in [0.1, 0.15) is 11.9 Å². The molecule has 0 saturated carbocycles. The van der Waals surface area contributed by atoms with Crippen molar-refractivity contribution in [2.24, 2.45) is 23.7 Å². The van der Waals surface area contributed by atoms with Crippen molar-refractivity contribution in [2.75, 3.05) is 24.7 Å². The molecule has 0 radical (unpaired) electrons. The van der Waals surface area contributed by atoms with E-state index in [-0.39, 0.29) is 48.4 Å². The molecule has 3 aromatic rings. The van der Waals surface area contributed by atoms with Crippen LogP contribution < -0.4 is 10.5 Å². The molecule has 3 heterocycles. The van der Waals surface area contributed by atoms with Gasteiger partial charge in [-0.3, -0.25) is 0 Å². The van der Waals surface area contributed by atoms with Crippen LogP contribution in [0.2, 0.25) is 0 Å². The average molecular weight is 764 g/mol. The first-order chi connectivity index (χ1) is 25.7. The first-order valence-corrected chi connectivity index (χ1v) is 21.3. The number of hydrogen-bond acceptors (Lipinski definition) is 11. The minimum absolute atomic E-state index is 0.0747. The number of phenols is 1. The van der Waals surface area contributed by atoms with Crippen LogP contribution in [0.15, 0.2) is 60.9 Å². The topological polar surface area (TPSA) is 185 Å². The molecular formula is C41H53N3O7S2. The van der Waals surface area contributed by atoms with Gasteiger partial charge in [-0.25, -0.2) is 4.98 Å². The number of phenolic OH excluding ortho intramolecular Hbond substituents is 1. The SMILES string of the molecule is Nc1nccc2c1CSSC[C@H](CO)[C@H](O)[C@@H](Oc1cc([C@H]3C=C[C@H]4C#C[C@H](CCO)CCCC[C@H](O)[C@@H]4[C@H](O)C3)ccc1O)C[C@H]2Cc1ccc[nH]1. The molecule has 9 N–H and O–H groups in total. The Morgan fingerprint density at radius 2 is 1.83 bits per heavy atom. The summed E-state index contributed by atoms with van der Waals surface area (Å²) in [7, 11) is 3.17. The van der Waals surface area contributed by atoms with Crippen LogP contribution in [0.3, 0.4) is 0 Å². The third kappa shape index (κ3) is 9.94. The van der Waals surface area contributed by atoms with Gasteiger partial charge in [0.25, 0.3) is 0 Å². The third-order valence-corrected chi connectivity index (χ3v) is 13.6. The maximum atomic E-state index is 11.9. The van der Waals surface area contributed by atoms with E-state index in [1.807, 2.05) is 42.6 Å². The fourth-order valence-electron chi connectivity index (χ4n) is 8.10. The predicted molar refractivity (Wildman–Crippen MR) is 210 cm³/mol. The second-order valence-electron chi connectivity index (χ2n) is 14.7. The highest BCUT2D eigenvalue weighted by molar-refractivity contribution is 8.76. The van der Waals surface area contributed by atoms with Crippen molar-refractivity contribution in [2.45, 2.75) is 93.4 Å². The largest absolute Gasteiger partial charge is 0.504 e. The number of ether oxygens (including phenoxy) is 1. The summed E-state index contributed by atoms with van der Waals surface area (Å²) >= 11 is 0. The number of hydrogen-bond donors (Lipinski definition) is 8. The van der Waals surface area contributed by atoms with Gasteiger partial charge in [-0.05, 0) is 85.9 Å². The summed E-state index contributed by atoms with van der Waals surface area (Å²) in [6.45, 7) is -0.160. The molecule has 12 heteroatoms. The highest BCUT2D eigenvalue weighted by Gasteiger charge is 2.37. The Morgan fingerprint density at radius 3 is 2.62 bits per heavy atom. The Kier molecular flexibility index (Phi) is 14.1. The van der Waals surface area contributed by atoms with Crippen LogP contribution in [-0.2, 0) is 12.2 Å². The molecule has 2 aromatic heterocycles. The standard InChI is InChI=1S/C41H53N3O7S2/c42-41-33-24-53-52-23-30(22-46)40(50)38(21-29(32(33)13-16-44-41)18-31-5-3-15-43-31)51-37-20-28(11-12-34(37)47)27-10-9-26-8-7-25(14-17-45)4-1-2-6-35(48)39(26)36(49)19-27/h3,5,9-13,15-16,20,25-27,29-30,35-36,38-40,43,45-50H,1-2,4,6,14,17-19,21-24H2,(H2,42,44)/t25-,26-,27+,29-,30+,35+,36-,38+,39-,40+/m1/s1. The lowest BCUT2D eigenvalue weighted by atomic mass is 9.79. The van der Waals surface area contributed by atoms with Crippen LogP contribution in [0.25, 0.3) is 0 Å². The predicted octanol–water partition coefficient (Wildman–Crippen LogP) is 5.30. The third-order valence-electron chi connectivity index (χ3n) is 11.2. The molecule has 0 amide bonds. The number of benzene rings is 1. The number of nitrogens with zero attached hydrogens (tertiary/aromatic N) is 1. The number of aliphatic hydroxyl groups excluding tert-OH is 5. The number of aliphatic hydroxyl groups is 5. The van der Waals surface area contributed by atoms with E-state index in [2.05, 4.69) is 21.8 Å². The maximum absolute atomic E-state index is 11.9. The molecule has 0 fully saturated rings. The number of pyridine rings is 1. The number of aromatic nitrogens is 2. The number of nitrogen functional groups attached to an aromatic ring is 1. The smallest absolute Gasteiger partial charge is 0.161 e. The monoisotopic (exact) mass is 763 g/mol. The zero-order chi connectivity index (χ0) is 37.3. The molecule has 10 atom stereocenters. The maximum Gasteiger partial charge on any atom is 0.161 e. The van der Waals surface area contributed by atoms with Crippen molar-refractivity contribution in [3.05, 3.63) is 83.3 Å². The molecule has 0 spiro atoms. The van der Waals surface area contributed by atoms with E-state index < -0.39 is 36.3 Å².